The van der Waals surface area contributed by atoms with Crippen molar-refractivity contribution in [2.75, 3.05) is 0 Å². The molecule has 0 radical (unpaired) electrons. The van der Waals surface area contributed by atoms with Gasteiger partial charge in [-0.15, -0.1) is 0 Å². The Morgan fingerprint density at radius 3 is 2.58 bits per heavy atom. The standard InChI is InChI=1S/C9H19N3/c1-9(2)6-4-3-5-7(9)8(10)12-11/h7H,3-6,11H2,1-2H3,(H2,10,12). The molecule has 1 aliphatic rings. The van der Waals surface area contributed by atoms with Crippen LogP contribution in [0.25, 0.3) is 0 Å². The van der Waals surface area contributed by atoms with Crippen LogP contribution in [0.4, 0.5) is 0 Å². The second kappa shape index (κ2) is 3.33. The van der Waals surface area contributed by atoms with E-state index >= 15 is 0 Å². The van der Waals surface area contributed by atoms with Crippen molar-refractivity contribution in [3.05, 3.63) is 0 Å². The van der Waals surface area contributed by atoms with Crippen molar-refractivity contribution in [3.63, 3.8) is 0 Å². The molecule has 0 aliphatic heterocycles. The number of hydrazone groups is 1. The lowest BCUT2D eigenvalue weighted by atomic mass is 9.68. The molecular formula is C9H19N3. The van der Waals surface area contributed by atoms with Crippen molar-refractivity contribution >= 4 is 5.84 Å². The predicted octanol–water partition coefficient (Wildman–Crippen LogP) is 1.43. The second-order valence-corrected chi connectivity index (χ2v) is 4.34. The summed E-state index contributed by atoms with van der Waals surface area (Å²) in [4.78, 5) is 0. The number of amidine groups is 1. The average Bonchev–Trinajstić information content (AvgIpc) is 2.02. The van der Waals surface area contributed by atoms with Gasteiger partial charge in [-0.1, -0.05) is 26.7 Å². The molecule has 0 aromatic carbocycles. The molecule has 0 heterocycles. The van der Waals surface area contributed by atoms with E-state index in [1.807, 2.05) is 0 Å². The van der Waals surface area contributed by atoms with Gasteiger partial charge >= 0.3 is 0 Å². The highest BCUT2D eigenvalue weighted by Crippen LogP contribution is 2.40. The zero-order chi connectivity index (χ0) is 9.19. The number of nitrogens with zero attached hydrogens (tertiary/aromatic N) is 1. The first kappa shape index (κ1) is 9.36. The Kier molecular flexibility index (Phi) is 2.60. The maximum Gasteiger partial charge on any atom is 0.123 e. The minimum Gasteiger partial charge on any atom is -0.385 e. The third-order valence-corrected chi connectivity index (χ3v) is 3.01. The fourth-order valence-corrected chi connectivity index (χ4v) is 2.13. The first-order valence-corrected chi connectivity index (χ1v) is 4.61. The van der Waals surface area contributed by atoms with E-state index in [0.717, 1.165) is 6.42 Å². The van der Waals surface area contributed by atoms with Crippen LogP contribution in [0.5, 0.6) is 0 Å². The van der Waals surface area contributed by atoms with Crippen LogP contribution in [0.1, 0.15) is 39.5 Å². The number of nitrogens with two attached hydrogens (primary N) is 2. The molecule has 0 spiro atoms. The summed E-state index contributed by atoms with van der Waals surface area (Å²) < 4.78 is 0. The molecule has 1 fully saturated rings. The number of rotatable bonds is 1. The van der Waals surface area contributed by atoms with Crippen LogP contribution in [-0.2, 0) is 0 Å². The second-order valence-electron chi connectivity index (χ2n) is 4.34. The van der Waals surface area contributed by atoms with Gasteiger partial charge in [0.2, 0.25) is 0 Å². The quantitative estimate of drug-likeness (QED) is 0.270. The summed E-state index contributed by atoms with van der Waals surface area (Å²) in [5, 5.41) is 3.60. The third kappa shape index (κ3) is 1.71. The summed E-state index contributed by atoms with van der Waals surface area (Å²) in [6, 6.07) is 0. The fourth-order valence-electron chi connectivity index (χ4n) is 2.13. The molecule has 0 bridgehead atoms. The van der Waals surface area contributed by atoms with E-state index in [-0.39, 0.29) is 5.41 Å². The van der Waals surface area contributed by atoms with Crippen LogP contribution in [-0.4, -0.2) is 5.84 Å². The molecule has 1 unspecified atom stereocenters. The molecule has 1 aliphatic carbocycles. The van der Waals surface area contributed by atoms with Crippen molar-refractivity contribution in [1.29, 1.82) is 0 Å². The molecule has 1 rings (SSSR count). The van der Waals surface area contributed by atoms with E-state index in [2.05, 4.69) is 18.9 Å². The highest BCUT2D eigenvalue weighted by Gasteiger charge is 2.34. The zero-order valence-electron chi connectivity index (χ0n) is 8.01. The minimum absolute atomic E-state index is 0.283. The number of hydrogen-bond acceptors (Lipinski definition) is 2. The lowest BCUT2D eigenvalue weighted by molar-refractivity contribution is 0.191. The van der Waals surface area contributed by atoms with Crippen LogP contribution in [0.15, 0.2) is 5.10 Å². The van der Waals surface area contributed by atoms with Crippen LogP contribution in [0.3, 0.4) is 0 Å². The lowest BCUT2D eigenvalue weighted by Crippen LogP contribution is -2.38. The largest absolute Gasteiger partial charge is 0.385 e. The Morgan fingerprint density at radius 1 is 1.42 bits per heavy atom. The molecule has 0 aromatic heterocycles. The SMILES string of the molecule is CC1(C)CCCCC1C(N)=NN. The van der Waals surface area contributed by atoms with Crippen molar-refractivity contribution in [1.82, 2.24) is 0 Å². The minimum atomic E-state index is 0.283. The molecule has 0 aromatic rings. The van der Waals surface area contributed by atoms with E-state index in [0.29, 0.717) is 11.8 Å². The molecule has 3 heteroatoms. The van der Waals surface area contributed by atoms with Crippen molar-refractivity contribution in [3.8, 4) is 0 Å². The van der Waals surface area contributed by atoms with Crippen LogP contribution in [0.2, 0.25) is 0 Å². The smallest absolute Gasteiger partial charge is 0.123 e. The monoisotopic (exact) mass is 169 g/mol. The summed E-state index contributed by atoms with van der Waals surface area (Å²) >= 11 is 0. The van der Waals surface area contributed by atoms with Gasteiger partial charge in [0.25, 0.3) is 0 Å². The Labute approximate surface area is 74.2 Å². The summed E-state index contributed by atoms with van der Waals surface area (Å²) in [7, 11) is 0. The van der Waals surface area contributed by atoms with E-state index in [1.165, 1.54) is 19.3 Å². The molecule has 0 amide bonds. The first-order valence-electron chi connectivity index (χ1n) is 4.61. The van der Waals surface area contributed by atoms with Crippen molar-refractivity contribution in [2.24, 2.45) is 28.0 Å². The maximum atomic E-state index is 5.75. The van der Waals surface area contributed by atoms with Gasteiger partial charge in [0.15, 0.2) is 0 Å². The highest BCUT2D eigenvalue weighted by atomic mass is 15.2. The molecule has 1 saturated carbocycles. The normalized spacial score (nSPS) is 30.2. The van der Waals surface area contributed by atoms with Gasteiger partial charge in [-0.05, 0) is 18.3 Å². The van der Waals surface area contributed by atoms with Gasteiger partial charge in [0.1, 0.15) is 5.84 Å². The van der Waals surface area contributed by atoms with Gasteiger partial charge in [-0.3, -0.25) is 0 Å². The van der Waals surface area contributed by atoms with Gasteiger partial charge in [-0.2, -0.15) is 5.10 Å². The summed E-state index contributed by atoms with van der Waals surface area (Å²) in [6.45, 7) is 4.49. The average molecular weight is 169 g/mol. The maximum absolute atomic E-state index is 5.75. The predicted molar refractivity (Wildman–Crippen MR) is 51.5 cm³/mol. The third-order valence-electron chi connectivity index (χ3n) is 3.01. The highest BCUT2D eigenvalue weighted by molar-refractivity contribution is 5.83. The molecule has 12 heavy (non-hydrogen) atoms. The molecule has 0 saturated heterocycles. The Morgan fingerprint density at radius 2 is 2.08 bits per heavy atom. The number of hydrogen-bond donors (Lipinski definition) is 2. The van der Waals surface area contributed by atoms with Crippen LogP contribution < -0.4 is 11.6 Å². The lowest BCUT2D eigenvalue weighted by Gasteiger charge is -2.37. The Bertz CT molecular complexity index is 184. The van der Waals surface area contributed by atoms with E-state index in [1.54, 1.807) is 0 Å². The first-order chi connectivity index (χ1) is 5.58. The molecule has 3 nitrogen and oxygen atoms in total. The van der Waals surface area contributed by atoms with Crippen LogP contribution in [0, 0.1) is 11.3 Å². The van der Waals surface area contributed by atoms with Crippen molar-refractivity contribution in [2.45, 2.75) is 39.5 Å². The van der Waals surface area contributed by atoms with Gasteiger partial charge in [-0.25, -0.2) is 0 Å². The molecule has 4 N–H and O–H groups in total. The van der Waals surface area contributed by atoms with Crippen molar-refractivity contribution < 1.29 is 0 Å². The van der Waals surface area contributed by atoms with E-state index < -0.39 is 0 Å². The van der Waals surface area contributed by atoms with Gasteiger partial charge in [0, 0.05) is 5.92 Å². The Balaban J connectivity index is 2.73. The summed E-state index contributed by atoms with van der Waals surface area (Å²) in [5.41, 5.74) is 6.03. The van der Waals surface area contributed by atoms with Gasteiger partial charge in [0.05, 0.1) is 0 Å². The van der Waals surface area contributed by atoms with Crippen LogP contribution >= 0.6 is 0 Å². The Hall–Kier alpha value is -0.730. The summed E-state index contributed by atoms with van der Waals surface area (Å²) in [5.74, 6) is 6.20. The van der Waals surface area contributed by atoms with E-state index in [4.69, 9.17) is 11.6 Å². The van der Waals surface area contributed by atoms with Gasteiger partial charge < -0.3 is 11.6 Å². The summed E-state index contributed by atoms with van der Waals surface area (Å²) in [6.07, 6.45) is 4.93. The molecule has 1 atom stereocenters. The topological polar surface area (TPSA) is 64.4 Å². The molecular weight excluding hydrogens is 150 g/mol. The van der Waals surface area contributed by atoms with E-state index in [9.17, 15) is 0 Å². The zero-order valence-corrected chi connectivity index (χ0v) is 8.01. The molecule has 70 valence electrons. The fraction of sp³-hybridized carbons (Fsp3) is 0.889.